The third kappa shape index (κ3) is 4.47. The third-order valence-corrected chi connectivity index (χ3v) is 4.09. The van der Waals surface area contributed by atoms with E-state index in [1.807, 2.05) is 12.1 Å². The second kappa shape index (κ2) is 7.81. The van der Waals surface area contributed by atoms with Crippen molar-refractivity contribution in [3.05, 3.63) is 52.2 Å². The summed E-state index contributed by atoms with van der Waals surface area (Å²) in [5.41, 5.74) is 1.91. The summed E-state index contributed by atoms with van der Waals surface area (Å²) in [5.74, 6) is 0.681. The molecule has 0 aliphatic carbocycles. The molecule has 1 aliphatic rings. The molecule has 26 heavy (non-hydrogen) atoms. The molecular formula is C18H21N5O3. The Bertz CT molecular complexity index is 860. The highest BCUT2D eigenvalue weighted by atomic mass is 16.2. The maximum atomic E-state index is 12.0. The number of nitrogens with zero attached hydrogens (tertiary/aromatic N) is 2. The van der Waals surface area contributed by atoms with Gasteiger partial charge in [-0.2, -0.15) is 0 Å². The van der Waals surface area contributed by atoms with E-state index in [1.54, 1.807) is 24.0 Å². The first-order chi connectivity index (χ1) is 12.5. The summed E-state index contributed by atoms with van der Waals surface area (Å²) in [6.07, 6.45) is 1.93. The summed E-state index contributed by atoms with van der Waals surface area (Å²) in [4.78, 5) is 43.6. The highest BCUT2D eigenvalue weighted by Gasteiger charge is 2.21. The Hall–Kier alpha value is -3.16. The number of H-pyrrole nitrogens is 1. The molecule has 3 N–H and O–H groups in total. The van der Waals surface area contributed by atoms with Crippen molar-refractivity contribution in [2.75, 3.05) is 23.3 Å². The van der Waals surface area contributed by atoms with Crippen LogP contribution in [0.3, 0.4) is 0 Å². The minimum atomic E-state index is -0.337. The van der Waals surface area contributed by atoms with Gasteiger partial charge in [0.25, 0.3) is 5.56 Å². The number of hydrogen-bond acceptors (Lipinski definition) is 4. The quantitative estimate of drug-likeness (QED) is 0.757. The van der Waals surface area contributed by atoms with E-state index >= 15 is 0 Å². The Kier molecular flexibility index (Phi) is 5.31. The first kappa shape index (κ1) is 17.7. The van der Waals surface area contributed by atoms with E-state index in [0.29, 0.717) is 36.6 Å². The van der Waals surface area contributed by atoms with Crippen LogP contribution in [0.5, 0.6) is 0 Å². The first-order valence-corrected chi connectivity index (χ1v) is 8.53. The monoisotopic (exact) mass is 355 g/mol. The number of aromatic nitrogens is 2. The molecule has 0 spiro atoms. The summed E-state index contributed by atoms with van der Waals surface area (Å²) >= 11 is 0. The number of hydrogen-bond donors (Lipinski definition) is 3. The summed E-state index contributed by atoms with van der Waals surface area (Å²) in [6, 6.07) is 8.26. The van der Waals surface area contributed by atoms with Crippen LogP contribution in [0.15, 0.2) is 35.1 Å². The molecular weight excluding hydrogens is 334 g/mol. The fourth-order valence-electron chi connectivity index (χ4n) is 2.89. The Labute approximate surface area is 150 Å². The van der Waals surface area contributed by atoms with Crippen LogP contribution in [0.25, 0.3) is 0 Å². The molecule has 0 saturated carbocycles. The molecule has 0 radical (unpaired) electrons. The fraction of sp³-hybridized carbons (Fsp3) is 0.333. The molecule has 136 valence electrons. The SMILES string of the molecule is Cc1nc(CCNC(=O)Nc2ccc(N3CCCC3=O)cc2)cc(=O)[nH]1. The second-order valence-corrected chi connectivity index (χ2v) is 6.15. The average molecular weight is 355 g/mol. The molecule has 1 fully saturated rings. The molecule has 3 rings (SSSR count). The van der Waals surface area contributed by atoms with Gasteiger partial charge in [-0.3, -0.25) is 9.59 Å². The van der Waals surface area contributed by atoms with E-state index in [-0.39, 0.29) is 17.5 Å². The van der Waals surface area contributed by atoms with E-state index in [2.05, 4.69) is 20.6 Å². The van der Waals surface area contributed by atoms with E-state index in [4.69, 9.17) is 0 Å². The van der Waals surface area contributed by atoms with E-state index in [1.165, 1.54) is 6.07 Å². The molecule has 1 aliphatic heterocycles. The van der Waals surface area contributed by atoms with Crippen molar-refractivity contribution in [1.82, 2.24) is 15.3 Å². The van der Waals surface area contributed by atoms with Crippen LogP contribution in [-0.4, -0.2) is 35.0 Å². The van der Waals surface area contributed by atoms with Gasteiger partial charge in [0, 0.05) is 49.1 Å². The number of rotatable bonds is 5. The van der Waals surface area contributed by atoms with E-state index < -0.39 is 0 Å². The van der Waals surface area contributed by atoms with Gasteiger partial charge in [0.05, 0.1) is 0 Å². The van der Waals surface area contributed by atoms with Crippen LogP contribution >= 0.6 is 0 Å². The molecule has 2 aromatic rings. The lowest BCUT2D eigenvalue weighted by atomic mass is 10.2. The van der Waals surface area contributed by atoms with Crippen molar-refractivity contribution in [3.63, 3.8) is 0 Å². The molecule has 8 heteroatoms. The summed E-state index contributed by atoms with van der Waals surface area (Å²) in [7, 11) is 0. The van der Waals surface area contributed by atoms with Gasteiger partial charge in [0.15, 0.2) is 0 Å². The Balaban J connectivity index is 1.48. The van der Waals surface area contributed by atoms with Crippen LogP contribution in [0, 0.1) is 6.92 Å². The minimum absolute atomic E-state index is 0.132. The highest BCUT2D eigenvalue weighted by Crippen LogP contribution is 2.22. The lowest BCUT2D eigenvalue weighted by molar-refractivity contribution is -0.117. The molecule has 0 atom stereocenters. The van der Waals surface area contributed by atoms with Gasteiger partial charge in [-0.15, -0.1) is 0 Å². The van der Waals surface area contributed by atoms with Crippen molar-refractivity contribution >= 4 is 23.3 Å². The normalized spacial score (nSPS) is 13.7. The topological polar surface area (TPSA) is 107 Å². The van der Waals surface area contributed by atoms with Crippen LogP contribution in [0.4, 0.5) is 16.2 Å². The molecule has 2 heterocycles. The fourth-order valence-corrected chi connectivity index (χ4v) is 2.89. The van der Waals surface area contributed by atoms with Crippen LogP contribution < -0.4 is 21.1 Å². The Morgan fingerprint density at radius 3 is 2.69 bits per heavy atom. The summed E-state index contributed by atoms with van der Waals surface area (Å²) < 4.78 is 0. The number of carbonyl (C=O) groups is 2. The van der Waals surface area contributed by atoms with Crippen molar-refractivity contribution in [2.24, 2.45) is 0 Å². The number of aryl methyl sites for hydroxylation is 1. The second-order valence-electron chi connectivity index (χ2n) is 6.15. The number of nitrogens with one attached hydrogen (secondary N) is 3. The number of aromatic amines is 1. The standard InChI is InChI=1S/C18H21N5O3/c1-12-20-14(11-16(24)21-12)8-9-19-18(26)22-13-4-6-15(7-5-13)23-10-2-3-17(23)25/h4-7,11H,2-3,8-10H2,1H3,(H2,19,22,26)(H,20,21,24). The van der Waals surface area contributed by atoms with Crippen LogP contribution in [0.1, 0.15) is 24.4 Å². The van der Waals surface area contributed by atoms with Crippen molar-refractivity contribution in [3.8, 4) is 0 Å². The van der Waals surface area contributed by atoms with Crippen molar-refractivity contribution in [1.29, 1.82) is 0 Å². The third-order valence-electron chi connectivity index (χ3n) is 4.09. The smallest absolute Gasteiger partial charge is 0.319 e. The van der Waals surface area contributed by atoms with Gasteiger partial charge >= 0.3 is 6.03 Å². The van der Waals surface area contributed by atoms with Gasteiger partial charge in [-0.25, -0.2) is 9.78 Å². The molecule has 1 saturated heterocycles. The zero-order valence-electron chi connectivity index (χ0n) is 14.5. The molecule has 1 aromatic carbocycles. The number of anilines is 2. The predicted molar refractivity (Wildman–Crippen MR) is 98.3 cm³/mol. The summed E-state index contributed by atoms with van der Waals surface area (Å²) in [5, 5.41) is 5.47. The molecule has 0 unspecified atom stereocenters. The predicted octanol–water partition coefficient (Wildman–Crippen LogP) is 1.57. The number of benzene rings is 1. The van der Waals surface area contributed by atoms with Gasteiger partial charge in [0.2, 0.25) is 5.91 Å². The maximum Gasteiger partial charge on any atom is 0.319 e. The molecule has 8 nitrogen and oxygen atoms in total. The van der Waals surface area contributed by atoms with E-state index in [0.717, 1.165) is 18.7 Å². The minimum Gasteiger partial charge on any atom is -0.337 e. The van der Waals surface area contributed by atoms with Crippen LogP contribution in [-0.2, 0) is 11.2 Å². The highest BCUT2D eigenvalue weighted by molar-refractivity contribution is 5.96. The average Bonchev–Trinajstić information content (AvgIpc) is 3.01. The van der Waals surface area contributed by atoms with Gasteiger partial charge < -0.3 is 20.5 Å². The van der Waals surface area contributed by atoms with Gasteiger partial charge in [-0.05, 0) is 37.6 Å². The Morgan fingerprint density at radius 2 is 2.04 bits per heavy atom. The summed E-state index contributed by atoms with van der Waals surface area (Å²) in [6.45, 7) is 2.81. The molecule has 3 amide bonds. The van der Waals surface area contributed by atoms with Crippen molar-refractivity contribution in [2.45, 2.75) is 26.2 Å². The zero-order chi connectivity index (χ0) is 18.5. The van der Waals surface area contributed by atoms with Gasteiger partial charge in [0.1, 0.15) is 5.82 Å². The number of urea groups is 1. The Morgan fingerprint density at radius 1 is 1.27 bits per heavy atom. The molecule has 0 bridgehead atoms. The van der Waals surface area contributed by atoms with Crippen LogP contribution in [0.2, 0.25) is 0 Å². The largest absolute Gasteiger partial charge is 0.337 e. The zero-order valence-corrected chi connectivity index (χ0v) is 14.5. The van der Waals surface area contributed by atoms with Gasteiger partial charge in [-0.1, -0.05) is 0 Å². The van der Waals surface area contributed by atoms with E-state index in [9.17, 15) is 14.4 Å². The lowest BCUT2D eigenvalue weighted by Crippen LogP contribution is -2.31. The maximum absolute atomic E-state index is 12.0. The molecule has 1 aromatic heterocycles. The number of amides is 3. The van der Waals surface area contributed by atoms with Crippen molar-refractivity contribution < 1.29 is 9.59 Å². The number of carbonyl (C=O) groups excluding carboxylic acids is 2. The lowest BCUT2D eigenvalue weighted by Gasteiger charge is -2.16. The first-order valence-electron chi connectivity index (χ1n) is 8.53.